The predicted molar refractivity (Wildman–Crippen MR) is 87.8 cm³/mol. The smallest absolute Gasteiger partial charge is 0.184 e. The Hall–Kier alpha value is -1.13. The highest BCUT2D eigenvalue weighted by atomic mass is 32.2. The second kappa shape index (κ2) is 6.75. The first-order valence-corrected chi connectivity index (χ1v) is 9.35. The highest BCUT2D eigenvalue weighted by Gasteiger charge is 2.29. The molecule has 2 aromatic heterocycles. The molecule has 0 saturated heterocycles. The lowest BCUT2D eigenvalue weighted by Crippen LogP contribution is -2.12. The van der Waals surface area contributed by atoms with Gasteiger partial charge in [0.05, 0.1) is 24.9 Å². The van der Waals surface area contributed by atoms with Crippen molar-refractivity contribution in [3.05, 3.63) is 40.6 Å². The van der Waals surface area contributed by atoms with Crippen molar-refractivity contribution in [2.24, 2.45) is 0 Å². The molecule has 0 spiro atoms. The number of aliphatic hydroxyl groups excluding tert-OH is 1. The van der Waals surface area contributed by atoms with Gasteiger partial charge >= 0.3 is 0 Å². The fourth-order valence-electron chi connectivity index (χ4n) is 3.33. The SMILES string of the molecule is CCC(O)Cc1c(C2CCCCC2)cc[s+]1-n1ccnc1. The van der Waals surface area contributed by atoms with Crippen molar-refractivity contribution < 1.29 is 5.11 Å². The van der Waals surface area contributed by atoms with Crippen LogP contribution in [0.1, 0.15) is 61.8 Å². The van der Waals surface area contributed by atoms with Crippen molar-refractivity contribution in [1.82, 2.24) is 8.96 Å². The highest BCUT2D eigenvalue weighted by molar-refractivity contribution is 7.28. The molecule has 114 valence electrons. The quantitative estimate of drug-likeness (QED) is 0.836. The molecule has 2 heterocycles. The Kier molecular flexibility index (Phi) is 4.76. The van der Waals surface area contributed by atoms with Gasteiger partial charge in [0.25, 0.3) is 0 Å². The van der Waals surface area contributed by atoms with Crippen LogP contribution in [0, 0.1) is 0 Å². The minimum absolute atomic E-state index is 0.0580. The zero-order valence-electron chi connectivity index (χ0n) is 12.7. The van der Waals surface area contributed by atoms with Gasteiger partial charge in [0.1, 0.15) is 17.0 Å². The van der Waals surface area contributed by atoms with E-state index in [0.717, 1.165) is 12.8 Å². The summed E-state index contributed by atoms with van der Waals surface area (Å²) in [6.45, 7) is 2.06. The summed E-state index contributed by atoms with van der Waals surface area (Å²) in [5.41, 5.74) is 1.51. The molecule has 0 aliphatic heterocycles. The molecular formula is C17H25N2OS+. The van der Waals surface area contributed by atoms with E-state index in [4.69, 9.17) is 0 Å². The summed E-state index contributed by atoms with van der Waals surface area (Å²) >= 11 is 0. The summed E-state index contributed by atoms with van der Waals surface area (Å²) in [7, 11) is -0.0580. The number of imidazole rings is 1. The summed E-state index contributed by atoms with van der Waals surface area (Å²) in [6, 6.07) is 2.33. The Balaban J connectivity index is 1.95. The standard InChI is InChI=1S/C17H25N2OS/c1-2-15(20)12-17-16(14-6-4-3-5-7-14)8-11-21(17)19-10-9-18-13-19/h8-11,13-15,20H,2-7,12H2,1H3/q+1. The van der Waals surface area contributed by atoms with Crippen molar-refractivity contribution in [2.75, 3.05) is 0 Å². The molecule has 1 N–H and O–H groups in total. The Morgan fingerprint density at radius 3 is 2.86 bits per heavy atom. The van der Waals surface area contributed by atoms with Gasteiger partial charge in [-0.15, -0.1) is 3.97 Å². The third kappa shape index (κ3) is 3.22. The summed E-state index contributed by atoms with van der Waals surface area (Å²) in [5.74, 6) is 0.704. The zero-order chi connectivity index (χ0) is 14.7. The van der Waals surface area contributed by atoms with Crippen LogP contribution in [0.2, 0.25) is 0 Å². The predicted octanol–water partition coefficient (Wildman–Crippen LogP) is 4.30. The van der Waals surface area contributed by atoms with E-state index in [2.05, 4.69) is 27.3 Å². The van der Waals surface area contributed by atoms with E-state index in [0.29, 0.717) is 5.92 Å². The highest BCUT2D eigenvalue weighted by Crippen LogP contribution is 2.41. The van der Waals surface area contributed by atoms with Crippen molar-refractivity contribution in [1.29, 1.82) is 0 Å². The van der Waals surface area contributed by atoms with E-state index in [9.17, 15) is 5.11 Å². The molecule has 0 radical (unpaired) electrons. The van der Waals surface area contributed by atoms with Crippen LogP contribution in [0.5, 0.6) is 0 Å². The summed E-state index contributed by atoms with van der Waals surface area (Å²) < 4.78 is 2.18. The van der Waals surface area contributed by atoms with Crippen molar-refractivity contribution in [2.45, 2.75) is 63.9 Å². The maximum atomic E-state index is 10.2. The third-order valence-corrected chi connectivity index (χ3v) is 6.57. The van der Waals surface area contributed by atoms with E-state index < -0.39 is 0 Å². The summed E-state index contributed by atoms with van der Waals surface area (Å²) in [5, 5.41) is 12.5. The number of rotatable bonds is 5. The van der Waals surface area contributed by atoms with Crippen molar-refractivity contribution >= 4 is 10.7 Å². The molecule has 21 heavy (non-hydrogen) atoms. The fourth-order valence-corrected chi connectivity index (χ4v) is 5.35. The van der Waals surface area contributed by atoms with Crippen LogP contribution in [0.3, 0.4) is 0 Å². The molecule has 3 rings (SSSR count). The second-order valence-electron chi connectivity index (χ2n) is 6.02. The van der Waals surface area contributed by atoms with Crippen LogP contribution < -0.4 is 0 Å². The van der Waals surface area contributed by atoms with Crippen LogP contribution in [0.25, 0.3) is 0 Å². The van der Waals surface area contributed by atoms with Gasteiger partial charge in [-0.2, -0.15) is 0 Å². The van der Waals surface area contributed by atoms with Gasteiger partial charge in [0.15, 0.2) is 10.3 Å². The van der Waals surface area contributed by atoms with Gasteiger partial charge in [0.2, 0.25) is 0 Å². The maximum Gasteiger partial charge on any atom is 0.184 e. The van der Waals surface area contributed by atoms with E-state index >= 15 is 0 Å². The molecular weight excluding hydrogens is 280 g/mol. The number of hydrogen-bond donors (Lipinski definition) is 1. The topological polar surface area (TPSA) is 38.0 Å². The molecule has 1 saturated carbocycles. The fraction of sp³-hybridized carbons (Fsp3) is 0.588. The van der Waals surface area contributed by atoms with Crippen LogP contribution in [-0.4, -0.2) is 20.2 Å². The monoisotopic (exact) mass is 305 g/mol. The lowest BCUT2D eigenvalue weighted by molar-refractivity contribution is 0.171. The van der Waals surface area contributed by atoms with Crippen molar-refractivity contribution in [3.63, 3.8) is 0 Å². The first kappa shape index (κ1) is 14.8. The molecule has 2 unspecified atom stereocenters. The lowest BCUT2D eigenvalue weighted by atomic mass is 9.84. The normalized spacial score (nSPS) is 18.9. The number of thiophene rings is 1. The van der Waals surface area contributed by atoms with E-state index in [1.165, 1.54) is 42.5 Å². The van der Waals surface area contributed by atoms with E-state index in [-0.39, 0.29) is 16.8 Å². The summed E-state index contributed by atoms with van der Waals surface area (Å²) in [6.07, 6.45) is 13.9. The summed E-state index contributed by atoms with van der Waals surface area (Å²) in [4.78, 5) is 5.63. The molecule has 2 aromatic rings. The Morgan fingerprint density at radius 2 is 2.19 bits per heavy atom. The minimum atomic E-state index is -0.225. The van der Waals surface area contributed by atoms with E-state index in [1.54, 1.807) is 0 Å². The van der Waals surface area contributed by atoms with Gasteiger partial charge in [0, 0.05) is 11.6 Å². The molecule has 0 amide bonds. The average molecular weight is 305 g/mol. The minimum Gasteiger partial charge on any atom is -0.393 e. The molecule has 1 aliphatic rings. The zero-order valence-corrected chi connectivity index (χ0v) is 13.6. The van der Waals surface area contributed by atoms with Crippen LogP contribution in [0.15, 0.2) is 30.2 Å². The lowest BCUT2D eigenvalue weighted by Gasteiger charge is -2.21. The first-order valence-electron chi connectivity index (χ1n) is 8.10. The van der Waals surface area contributed by atoms with E-state index in [1.807, 2.05) is 18.7 Å². The van der Waals surface area contributed by atoms with Gasteiger partial charge in [-0.3, -0.25) is 0 Å². The molecule has 1 aliphatic carbocycles. The molecule has 0 bridgehead atoms. The first-order chi connectivity index (χ1) is 10.3. The number of hydrogen-bond acceptors (Lipinski definition) is 2. The van der Waals surface area contributed by atoms with Gasteiger partial charge in [-0.05, 0) is 25.2 Å². The van der Waals surface area contributed by atoms with Crippen LogP contribution in [0.4, 0.5) is 0 Å². The Labute approximate surface area is 129 Å². The van der Waals surface area contributed by atoms with Gasteiger partial charge in [-0.25, -0.2) is 4.98 Å². The average Bonchev–Trinajstić information content (AvgIpc) is 3.17. The molecule has 2 atom stereocenters. The number of aliphatic hydroxyl groups is 1. The molecule has 1 fully saturated rings. The third-order valence-electron chi connectivity index (χ3n) is 4.60. The largest absolute Gasteiger partial charge is 0.393 e. The van der Waals surface area contributed by atoms with Crippen molar-refractivity contribution in [3.8, 4) is 0 Å². The maximum absolute atomic E-state index is 10.2. The second-order valence-corrected chi connectivity index (χ2v) is 7.84. The Bertz CT molecular complexity index is 555. The molecule has 4 heteroatoms. The Morgan fingerprint density at radius 1 is 1.38 bits per heavy atom. The van der Waals surface area contributed by atoms with Gasteiger partial charge in [-0.1, -0.05) is 26.2 Å². The van der Waals surface area contributed by atoms with Crippen LogP contribution in [-0.2, 0) is 6.42 Å². The number of nitrogens with zero attached hydrogens (tertiary/aromatic N) is 2. The van der Waals surface area contributed by atoms with Crippen LogP contribution >= 0.6 is 10.7 Å². The number of aromatic nitrogens is 2. The van der Waals surface area contributed by atoms with Gasteiger partial charge < -0.3 is 5.11 Å². The molecule has 0 aromatic carbocycles. The molecule has 3 nitrogen and oxygen atoms in total.